The molecule has 0 fully saturated rings. The normalized spacial score (nSPS) is 11.5. The number of imidazole rings is 2. The lowest BCUT2D eigenvalue weighted by Crippen LogP contribution is -1.92. The van der Waals surface area contributed by atoms with Crippen LogP contribution in [0.25, 0.3) is 50.4 Å². The molecule has 9 heteroatoms. The van der Waals surface area contributed by atoms with E-state index < -0.39 is 5.82 Å². The molecule has 0 amide bonds. The largest absolute Gasteiger partial charge is 0.336 e. The predicted molar refractivity (Wildman–Crippen MR) is 114 cm³/mol. The number of aromatic amines is 2. The van der Waals surface area contributed by atoms with Crippen LogP contribution in [-0.2, 0) is 0 Å². The van der Waals surface area contributed by atoms with Crippen molar-refractivity contribution in [1.29, 1.82) is 0 Å². The van der Waals surface area contributed by atoms with Crippen molar-refractivity contribution in [3.05, 3.63) is 73.0 Å². The van der Waals surface area contributed by atoms with E-state index >= 15 is 4.39 Å². The van der Waals surface area contributed by atoms with Crippen molar-refractivity contribution >= 4 is 21.9 Å². The molecule has 0 radical (unpaired) electrons. The summed E-state index contributed by atoms with van der Waals surface area (Å²) in [4.78, 5) is 20.6. The van der Waals surface area contributed by atoms with E-state index in [0.29, 0.717) is 28.0 Å². The molecule has 0 aliphatic rings. The minimum atomic E-state index is -0.472. The average Bonchev–Trinajstić information content (AvgIpc) is 3.52. The highest BCUT2D eigenvalue weighted by Gasteiger charge is 2.21. The zero-order valence-electron chi connectivity index (χ0n) is 16.3. The van der Waals surface area contributed by atoms with Crippen LogP contribution >= 0.6 is 0 Å². The highest BCUT2D eigenvalue weighted by atomic mass is 19.1. The molecule has 0 aliphatic carbocycles. The van der Waals surface area contributed by atoms with Crippen LogP contribution in [0, 0.1) is 12.7 Å². The van der Waals surface area contributed by atoms with Crippen molar-refractivity contribution in [2.45, 2.75) is 6.92 Å². The van der Waals surface area contributed by atoms with Gasteiger partial charge in [0.15, 0.2) is 11.6 Å². The second-order valence-electron chi connectivity index (χ2n) is 7.20. The molecule has 0 spiro atoms. The molecule has 6 rings (SSSR count). The Balaban J connectivity index is 1.56. The topological polar surface area (TPSA) is 101 Å². The molecule has 1 aromatic carbocycles. The molecule has 0 bridgehead atoms. The molecule has 5 aromatic heterocycles. The third-order valence-corrected chi connectivity index (χ3v) is 5.18. The third kappa shape index (κ3) is 2.71. The maximum atomic E-state index is 15.5. The zero-order valence-corrected chi connectivity index (χ0v) is 16.3. The van der Waals surface area contributed by atoms with Gasteiger partial charge in [-0.05, 0) is 31.2 Å². The monoisotopic (exact) mass is 410 g/mol. The quantitative estimate of drug-likeness (QED) is 0.455. The molecule has 8 nitrogen and oxygen atoms in total. The summed E-state index contributed by atoms with van der Waals surface area (Å²) in [5.41, 5.74) is 5.03. The Hall–Kier alpha value is -4.40. The highest BCUT2D eigenvalue weighted by Crippen LogP contribution is 2.33. The third-order valence-electron chi connectivity index (χ3n) is 5.18. The minimum absolute atomic E-state index is 0.217. The maximum Gasteiger partial charge on any atom is 0.161 e. The number of para-hydroxylation sites is 1. The first-order chi connectivity index (χ1) is 15.2. The Morgan fingerprint density at radius 2 is 1.94 bits per heavy atom. The van der Waals surface area contributed by atoms with Gasteiger partial charge in [0.25, 0.3) is 0 Å². The maximum absolute atomic E-state index is 15.5. The minimum Gasteiger partial charge on any atom is -0.336 e. The SMILES string of the molecule is Cc1cn(-c2cccc3[nH]c(-c4n[nH]c5cnc(-c6cccnc6)c(F)c45)nc23)cn1. The van der Waals surface area contributed by atoms with Crippen molar-refractivity contribution in [1.82, 2.24) is 39.7 Å². The van der Waals surface area contributed by atoms with E-state index in [1.165, 1.54) is 0 Å². The summed E-state index contributed by atoms with van der Waals surface area (Å²) >= 11 is 0. The number of halogens is 1. The summed E-state index contributed by atoms with van der Waals surface area (Å²) in [6, 6.07) is 9.33. The van der Waals surface area contributed by atoms with Crippen LogP contribution in [0.2, 0.25) is 0 Å². The van der Waals surface area contributed by atoms with E-state index in [1.807, 2.05) is 35.9 Å². The van der Waals surface area contributed by atoms with Crippen molar-refractivity contribution in [2.75, 3.05) is 0 Å². The molecule has 2 N–H and O–H groups in total. The second-order valence-corrected chi connectivity index (χ2v) is 7.20. The summed E-state index contributed by atoms with van der Waals surface area (Å²) < 4.78 is 17.4. The Morgan fingerprint density at radius 3 is 2.74 bits per heavy atom. The number of aryl methyl sites for hydroxylation is 1. The van der Waals surface area contributed by atoms with Gasteiger partial charge in [-0.1, -0.05) is 6.07 Å². The number of pyridine rings is 2. The van der Waals surface area contributed by atoms with Crippen LogP contribution in [0.4, 0.5) is 4.39 Å². The van der Waals surface area contributed by atoms with E-state index in [1.54, 1.807) is 37.1 Å². The van der Waals surface area contributed by atoms with Gasteiger partial charge in [0.2, 0.25) is 0 Å². The molecule has 0 saturated heterocycles. The number of nitrogens with zero attached hydrogens (tertiary/aromatic N) is 6. The lowest BCUT2D eigenvalue weighted by Gasteiger charge is -2.03. The van der Waals surface area contributed by atoms with Crippen molar-refractivity contribution in [2.24, 2.45) is 0 Å². The molecule has 0 unspecified atom stereocenters. The van der Waals surface area contributed by atoms with Gasteiger partial charge in [-0.15, -0.1) is 0 Å². The van der Waals surface area contributed by atoms with E-state index in [4.69, 9.17) is 4.98 Å². The van der Waals surface area contributed by atoms with Crippen molar-refractivity contribution in [3.8, 4) is 28.5 Å². The van der Waals surface area contributed by atoms with E-state index in [0.717, 1.165) is 22.4 Å². The fourth-order valence-electron chi connectivity index (χ4n) is 3.74. The zero-order chi connectivity index (χ0) is 20.9. The number of fused-ring (bicyclic) bond motifs is 2. The first-order valence-corrected chi connectivity index (χ1v) is 9.62. The Morgan fingerprint density at radius 1 is 1.00 bits per heavy atom. The van der Waals surface area contributed by atoms with E-state index in [-0.39, 0.29) is 5.69 Å². The van der Waals surface area contributed by atoms with Gasteiger partial charge in [0.1, 0.15) is 16.9 Å². The molecule has 5 heterocycles. The smallest absolute Gasteiger partial charge is 0.161 e. The number of rotatable bonds is 3. The fourth-order valence-corrected chi connectivity index (χ4v) is 3.74. The number of nitrogens with one attached hydrogen (secondary N) is 2. The first-order valence-electron chi connectivity index (χ1n) is 9.62. The highest BCUT2D eigenvalue weighted by molar-refractivity contribution is 5.96. The number of aromatic nitrogens is 8. The molecule has 0 saturated carbocycles. The summed E-state index contributed by atoms with van der Waals surface area (Å²) in [5.74, 6) is -0.00654. The van der Waals surface area contributed by atoms with Gasteiger partial charge in [0.05, 0.1) is 40.3 Å². The van der Waals surface area contributed by atoms with E-state index in [2.05, 4.69) is 30.1 Å². The Labute approximate surface area is 174 Å². The van der Waals surface area contributed by atoms with Gasteiger partial charge in [0, 0.05) is 24.2 Å². The number of hydrogen-bond donors (Lipinski definition) is 2. The first kappa shape index (κ1) is 17.5. The van der Waals surface area contributed by atoms with Crippen molar-refractivity contribution in [3.63, 3.8) is 0 Å². The number of benzene rings is 1. The summed E-state index contributed by atoms with van der Waals surface area (Å²) in [6.07, 6.45) is 8.46. The van der Waals surface area contributed by atoms with Crippen LogP contribution in [0.3, 0.4) is 0 Å². The van der Waals surface area contributed by atoms with E-state index in [9.17, 15) is 0 Å². The standard InChI is InChI=1S/C22H15FN8/c1-12-10-31(11-26-12)16-6-2-5-14-20(16)28-22(27-14)21-17-15(29-30-21)9-25-19(18(17)23)13-4-3-7-24-8-13/h2-11H,1H3,(H,27,28)(H,29,30). The van der Waals surface area contributed by atoms with Gasteiger partial charge >= 0.3 is 0 Å². The fraction of sp³-hybridized carbons (Fsp3) is 0.0455. The molecular weight excluding hydrogens is 395 g/mol. The molecular formula is C22H15FN8. The van der Waals surface area contributed by atoms with Crippen LogP contribution in [0.1, 0.15) is 5.69 Å². The van der Waals surface area contributed by atoms with Crippen molar-refractivity contribution < 1.29 is 4.39 Å². The second kappa shape index (κ2) is 6.56. The van der Waals surface area contributed by atoms with Gasteiger partial charge in [-0.25, -0.2) is 14.4 Å². The summed E-state index contributed by atoms with van der Waals surface area (Å²) in [7, 11) is 0. The molecule has 31 heavy (non-hydrogen) atoms. The van der Waals surface area contributed by atoms with Gasteiger partial charge < -0.3 is 9.55 Å². The summed E-state index contributed by atoms with van der Waals surface area (Å²) in [5, 5.41) is 7.51. The Kier molecular flexibility index (Phi) is 3.69. The van der Waals surface area contributed by atoms with Gasteiger partial charge in [-0.3, -0.25) is 15.1 Å². The van der Waals surface area contributed by atoms with Crippen LogP contribution < -0.4 is 0 Å². The molecule has 6 aromatic rings. The average molecular weight is 410 g/mol. The summed E-state index contributed by atoms with van der Waals surface area (Å²) in [6.45, 7) is 1.93. The predicted octanol–water partition coefficient (Wildman–Crippen LogP) is 4.20. The van der Waals surface area contributed by atoms with Crippen LogP contribution in [-0.4, -0.2) is 39.7 Å². The molecule has 0 atom stereocenters. The number of H-pyrrole nitrogens is 2. The number of hydrogen-bond acceptors (Lipinski definition) is 5. The lowest BCUT2D eigenvalue weighted by atomic mass is 10.1. The molecule has 0 aliphatic heterocycles. The van der Waals surface area contributed by atoms with Gasteiger partial charge in [-0.2, -0.15) is 5.10 Å². The van der Waals surface area contributed by atoms with Crippen LogP contribution in [0.5, 0.6) is 0 Å². The Bertz CT molecular complexity index is 1560. The lowest BCUT2D eigenvalue weighted by molar-refractivity contribution is 0.638. The van der Waals surface area contributed by atoms with Crippen LogP contribution in [0.15, 0.2) is 61.4 Å². The molecule has 150 valence electrons.